The maximum absolute atomic E-state index is 10.4. The molecule has 0 radical (unpaired) electrons. The van der Waals surface area contributed by atoms with E-state index in [2.05, 4.69) is 9.88 Å². The van der Waals surface area contributed by atoms with Crippen molar-refractivity contribution >= 4 is 0 Å². The number of rotatable bonds is 7. The first-order chi connectivity index (χ1) is 12.8. The lowest BCUT2D eigenvalue weighted by atomic mass is 10.0. The third-order valence-electron chi connectivity index (χ3n) is 5.52. The number of likely N-dealkylation sites (tertiary alicyclic amines) is 1. The van der Waals surface area contributed by atoms with Gasteiger partial charge >= 0.3 is 0 Å². The van der Waals surface area contributed by atoms with Crippen molar-refractivity contribution in [3.63, 3.8) is 0 Å². The van der Waals surface area contributed by atoms with Crippen LogP contribution in [0.3, 0.4) is 0 Å². The Labute approximate surface area is 155 Å². The summed E-state index contributed by atoms with van der Waals surface area (Å²) in [5.41, 5.74) is 3.75. The molecule has 1 aromatic heterocycles. The number of hydrogen-bond donors (Lipinski definition) is 2. The number of fused-ring (bicyclic) bond motifs is 1. The molecule has 2 aliphatic rings. The molecule has 1 saturated heterocycles. The van der Waals surface area contributed by atoms with Crippen LogP contribution in [0.5, 0.6) is 0 Å². The molecule has 0 unspecified atom stereocenters. The number of aryl methyl sites for hydroxylation is 2. The van der Waals surface area contributed by atoms with Gasteiger partial charge in [-0.1, -0.05) is 30.3 Å². The highest BCUT2D eigenvalue weighted by Crippen LogP contribution is 2.32. The number of aromatic nitrogens is 2. The molecule has 0 saturated carbocycles. The first kappa shape index (κ1) is 17.7. The van der Waals surface area contributed by atoms with Gasteiger partial charge in [0.05, 0.1) is 31.1 Å². The van der Waals surface area contributed by atoms with Gasteiger partial charge in [0.15, 0.2) is 0 Å². The Morgan fingerprint density at radius 3 is 2.88 bits per heavy atom. The van der Waals surface area contributed by atoms with Crippen LogP contribution in [0.25, 0.3) is 0 Å². The van der Waals surface area contributed by atoms with E-state index in [4.69, 9.17) is 9.72 Å². The largest absolute Gasteiger partial charge is 0.389 e. The topological polar surface area (TPSA) is 61.4 Å². The summed E-state index contributed by atoms with van der Waals surface area (Å²) in [6.45, 7) is 2.58. The summed E-state index contributed by atoms with van der Waals surface area (Å²) in [5.74, 6) is 1.10. The molecule has 1 aliphatic carbocycles. The zero-order valence-electron chi connectivity index (χ0n) is 15.4. The molecule has 1 aromatic carbocycles. The SMILES string of the molecule is O[C@@H](COCc1ccccc1)CN1CCC[C@H]1c1nc2c([nH]1)CCCC2. The fraction of sp³-hybridized carbons (Fsp3) is 0.571. The first-order valence-electron chi connectivity index (χ1n) is 9.91. The van der Waals surface area contributed by atoms with Gasteiger partial charge in [-0.2, -0.15) is 0 Å². The number of β-amino-alcohol motifs (C(OH)–C–C–N with tert-alkyl or cyclic N) is 1. The number of benzene rings is 1. The fourth-order valence-electron chi connectivity index (χ4n) is 4.20. The lowest BCUT2D eigenvalue weighted by Gasteiger charge is -2.25. The van der Waals surface area contributed by atoms with E-state index in [0.717, 1.165) is 43.6 Å². The molecule has 2 N–H and O–H groups in total. The Morgan fingerprint density at radius 2 is 2.04 bits per heavy atom. The molecule has 2 aromatic rings. The van der Waals surface area contributed by atoms with Gasteiger partial charge < -0.3 is 14.8 Å². The van der Waals surface area contributed by atoms with Crippen molar-refractivity contribution in [1.82, 2.24) is 14.9 Å². The molecule has 4 rings (SSSR count). The predicted molar refractivity (Wildman–Crippen MR) is 101 cm³/mol. The standard InChI is InChI=1S/C21H29N3O2/c25-17(15-26-14-16-7-2-1-3-8-16)13-24-12-6-11-20(24)21-22-18-9-4-5-10-19(18)23-21/h1-3,7-8,17,20,25H,4-6,9-15H2,(H,22,23)/t17-,20+/m1/s1. The van der Waals surface area contributed by atoms with Crippen molar-refractivity contribution in [2.24, 2.45) is 0 Å². The van der Waals surface area contributed by atoms with Gasteiger partial charge in [-0.15, -0.1) is 0 Å². The van der Waals surface area contributed by atoms with E-state index in [1.54, 1.807) is 0 Å². The average molecular weight is 355 g/mol. The van der Waals surface area contributed by atoms with E-state index in [-0.39, 0.29) is 0 Å². The van der Waals surface area contributed by atoms with Crippen LogP contribution in [0.1, 0.15) is 54.5 Å². The number of nitrogens with zero attached hydrogens (tertiary/aromatic N) is 2. The van der Waals surface area contributed by atoms with Gasteiger partial charge in [0, 0.05) is 12.2 Å². The van der Waals surface area contributed by atoms with Crippen molar-refractivity contribution in [1.29, 1.82) is 0 Å². The summed E-state index contributed by atoms with van der Waals surface area (Å²) >= 11 is 0. The summed E-state index contributed by atoms with van der Waals surface area (Å²) in [6, 6.07) is 10.4. The molecule has 1 fully saturated rings. The van der Waals surface area contributed by atoms with Crippen LogP contribution in [0.4, 0.5) is 0 Å². The van der Waals surface area contributed by atoms with Gasteiger partial charge in [0.2, 0.25) is 0 Å². The van der Waals surface area contributed by atoms with Crippen molar-refractivity contribution in [3.8, 4) is 0 Å². The molecule has 0 bridgehead atoms. The molecule has 1 aliphatic heterocycles. The quantitative estimate of drug-likeness (QED) is 0.801. The minimum absolute atomic E-state index is 0.310. The van der Waals surface area contributed by atoms with E-state index in [9.17, 15) is 5.11 Å². The zero-order valence-corrected chi connectivity index (χ0v) is 15.4. The molecule has 2 heterocycles. The summed E-state index contributed by atoms with van der Waals surface area (Å²) in [4.78, 5) is 10.8. The molecule has 5 heteroatoms. The van der Waals surface area contributed by atoms with Gasteiger partial charge in [-0.05, 0) is 50.6 Å². The lowest BCUT2D eigenvalue weighted by molar-refractivity contribution is 0.00726. The van der Waals surface area contributed by atoms with E-state index in [0.29, 0.717) is 25.8 Å². The Hall–Kier alpha value is -1.69. The van der Waals surface area contributed by atoms with Crippen LogP contribution in [-0.2, 0) is 24.2 Å². The summed E-state index contributed by atoms with van der Waals surface area (Å²) < 4.78 is 5.70. The number of imidazole rings is 1. The Morgan fingerprint density at radius 1 is 1.19 bits per heavy atom. The second-order valence-electron chi connectivity index (χ2n) is 7.56. The summed E-state index contributed by atoms with van der Waals surface area (Å²) in [7, 11) is 0. The van der Waals surface area contributed by atoms with Crippen LogP contribution in [0.15, 0.2) is 30.3 Å². The number of aromatic amines is 1. The average Bonchev–Trinajstić information content (AvgIpc) is 3.28. The molecule has 0 spiro atoms. The number of aliphatic hydroxyl groups excluding tert-OH is 1. The summed E-state index contributed by atoms with van der Waals surface area (Å²) in [6.07, 6.45) is 6.56. The predicted octanol–water partition coefficient (Wildman–Crippen LogP) is 3.00. The fourth-order valence-corrected chi connectivity index (χ4v) is 4.20. The molecule has 140 valence electrons. The molecular weight excluding hydrogens is 326 g/mol. The van der Waals surface area contributed by atoms with Gasteiger partial charge in [-0.3, -0.25) is 4.90 Å². The van der Waals surface area contributed by atoms with Gasteiger partial charge in [-0.25, -0.2) is 4.98 Å². The monoisotopic (exact) mass is 355 g/mol. The Kier molecular flexibility index (Phi) is 5.68. The minimum atomic E-state index is -0.469. The van der Waals surface area contributed by atoms with Crippen LogP contribution < -0.4 is 0 Å². The van der Waals surface area contributed by atoms with Gasteiger partial charge in [0.25, 0.3) is 0 Å². The zero-order chi connectivity index (χ0) is 17.8. The van der Waals surface area contributed by atoms with Crippen molar-refractivity contribution in [3.05, 3.63) is 53.1 Å². The van der Waals surface area contributed by atoms with Crippen molar-refractivity contribution in [2.45, 2.75) is 57.3 Å². The van der Waals surface area contributed by atoms with E-state index in [1.807, 2.05) is 30.3 Å². The first-order valence-corrected chi connectivity index (χ1v) is 9.91. The highest BCUT2D eigenvalue weighted by atomic mass is 16.5. The molecule has 2 atom stereocenters. The van der Waals surface area contributed by atoms with E-state index in [1.165, 1.54) is 24.2 Å². The normalized spacial score (nSPS) is 21.7. The maximum atomic E-state index is 10.4. The second-order valence-corrected chi connectivity index (χ2v) is 7.56. The van der Waals surface area contributed by atoms with Crippen LogP contribution in [0, 0.1) is 0 Å². The second kappa shape index (κ2) is 8.33. The molecule has 0 amide bonds. The number of nitrogens with one attached hydrogen (secondary N) is 1. The Balaban J connectivity index is 1.30. The van der Waals surface area contributed by atoms with Crippen LogP contribution in [0.2, 0.25) is 0 Å². The minimum Gasteiger partial charge on any atom is -0.389 e. The third kappa shape index (κ3) is 4.17. The number of H-pyrrole nitrogens is 1. The van der Waals surface area contributed by atoms with E-state index >= 15 is 0 Å². The molecule has 5 nitrogen and oxygen atoms in total. The number of aliphatic hydroxyl groups is 1. The summed E-state index contributed by atoms with van der Waals surface area (Å²) in [5, 5.41) is 10.4. The molecule has 26 heavy (non-hydrogen) atoms. The van der Waals surface area contributed by atoms with E-state index < -0.39 is 6.10 Å². The third-order valence-corrected chi connectivity index (χ3v) is 5.52. The smallest absolute Gasteiger partial charge is 0.124 e. The van der Waals surface area contributed by atoms with Crippen molar-refractivity contribution < 1.29 is 9.84 Å². The van der Waals surface area contributed by atoms with Gasteiger partial charge in [0.1, 0.15) is 5.82 Å². The highest BCUT2D eigenvalue weighted by Gasteiger charge is 2.30. The number of ether oxygens (including phenoxy) is 1. The lowest BCUT2D eigenvalue weighted by Crippen LogP contribution is -2.35. The molecular formula is C21H29N3O2. The Bertz CT molecular complexity index is 677. The van der Waals surface area contributed by atoms with Crippen LogP contribution >= 0.6 is 0 Å². The van der Waals surface area contributed by atoms with Crippen LogP contribution in [-0.4, -0.2) is 45.8 Å². The number of hydrogen-bond acceptors (Lipinski definition) is 4. The maximum Gasteiger partial charge on any atom is 0.124 e. The van der Waals surface area contributed by atoms with Crippen molar-refractivity contribution in [2.75, 3.05) is 19.7 Å². The highest BCUT2D eigenvalue weighted by molar-refractivity contribution is 5.19.